The van der Waals surface area contributed by atoms with Crippen LogP contribution in [0, 0.1) is 5.92 Å². The van der Waals surface area contributed by atoms with Crippen molar-refractivity contribution >= 4 is 11.3 Å². The van der Waals surface area contributed by atoms with Crippen molar-refractivity contribution in [1.29, 1.82) is 0 Å². The van der Waals surface area contributed by atoms with Crippen molar-refractivity contribution in [2.24, 2.45) is 5.92 Å². The maximum absolute atomic E-state index is 10.1. The third kappa shape index (κ3) is 4.66. The number of aliphatic hydroxyl groups excluding tert-OH is 1. The molecule has 1 unspecified atom stereocenters. The van der Waals surface area contributed by atoms with Gasteiger partial charge in [0.1, 0.15) is 5.75 Å². The fraction of sp³-hybridized carbons (Fsp3) is 0.412. The van der Waals surface area contributed by atoms with Crippen molar-refractivity contribution in [3.8, 4) is 5.75 Å². The Hall–Kier alpha value is -1.32. The molecule has 1 heterocycles. The van der Waals surface area contributed by atoms with Gasteiger partial charge in [-0.25, -0.2) is 0 Å². The minimum atomic E-state index is -0.355. The Morgan fingerprint density at radius 3 is 2.50 bits per heavy atom. The van der Waals surface area contributed by atoms with E-state index in [-0.39, 0.29) is 6.10 Å². The third-order valence-corrected chi connectivity index (χ3v) is 4.06. The maximum Gasteiger partial charge on any atom is 0.119 e. The summed E-state index contributed by atoms with van der Waals surface area (Å²) in [6, 6.07) is 12.1. The molecule has 0 radical (unpaired) electrons. The predicted octanol–water partition coefficient (Wildman–Crippen LogP) is 4.45. The SMILES string of the molecule is CC(C)COc1ccc(CCC(O)c2cccs2)cc1. The fourth-order valence-corrected chi connectivity index (χ4v) is 2.69. The second-order valence-electron chi connectivity index (χ2n) is 5.42. The standard InChI is InChI=1S/C17H22O2S/c1-13(2)12-19-15-8-5-14(6-9-15)7-10-16(18)17-4-3-11-20-17/h3-6,8-9,11,13,16,18H,7,10,12H2,1-2H3. The van der Waals surface area contributed by atoms with Gasteiger partial charge in [0.15, 0.2) is 0 Å². The first-order chi connectivity index (χ1) is 9.65. The Kier molecular flexibility index (Phi) is 5.62. The molecule has 0 saturated heterocycles. The van der Waals surface area contributed by atoms with E-state index in [0.717, 1.165) is 30.1 Å². The summed E-state index contributed by atoms with van der Waals surface area (Å²) in [6.07, 6.45) is 1.28. The number of ether oxygens (including phenoxy) is 1. The lowest BCUT2D eigenvalue weighted by Crippen LogP contribution is -2.04. The largest absolute Gasteiger partial charge is 0.493 e. The fourth-order valence-electron chi connectivity index (χ4n) is 1.94. The molecule has 2 aromatic rings. The van der Waals surface area contributed by atoms with Crippen LogP contribution in [0.5, 0.6) is 5.75 Å². The molecule has 108 valence electrons. The zero-order chi connectivity index (χ0) is 14.4. The lowest BCUT2D eigenvalue weighted by atomic mass is 10.1. The van der Waals surface area contributed by atoms with Gasteiger partial charge in [-0.2, -0.15) is 0 Å². The summed E-state index contributed by atoms with van der Waals surface area (Å²) < 4.78 is 5.66. The quantitative estimate of drug-likeness (QED) is 0.816. The van der Waals surface area contributed by atoms with Crippen molar-refractivity contribution in [3.63, 3.8) is 0 Å². The van der Waals surface area contributed by atoms with E-state index in [1.807, 2.05) is 29.6 Å². The van der Waals surface area contributed by atoms with Gasteiger partial charge in [-0.1, -0.05) is 32.0 Å². The zero-order valence-electron chi connectivity index (χ0n) is 12.1. The van der Waals surface area contributed by atoms with E-state index in [2.05, 4.69) is 26.0 Å². The van der Waals surface area contributed by atoms with Gasteiger partial charge in [0, 0.05) is 4.88 Å². The molecule has 0 saturated carbocycles. The molecule has 0 spiro atoms. The molecule has 0 fully saturated rings. The minimum absolute atomic E-state index is 0.355. The normalized spacial score (nSPS) is 12.6. The van der Waals surface area contributed by atoms with Gasteiger partial charge in [-0.05, 0) is 47.9 Å². The van der Waals surface area contributed by atoms with E-state index in [9.17, 15) is 5.11 Å². The Labute approximate surface area is 125 Å². The second kappa shape index (κ2) is 7.46. The highest BCUT2D eigenvalue weighted by Gasteiger charge is 2.08. The summed E-state index contributed by atoms with van der Waals surface area (Å²) in [4.78, 5) is 1.04. The van der Waals surface area contributed by atoms with Crippen LogP contribution in [0.1, 0.15) is 36.8 Å². The number of benzene rings is 1. The Bertz CT molecular complexity index is 488. The van der Waals surface area contributed by atoms with Crippen LogP contribution < -0.4 is 4.74 Å². The van der Waals surface area contributed by atoms with Crippen LogP contribution in [0.3, 0.4) is 0 Å². The lowest BCUT2D eigenvalue weighted by molar-refractivity contribution is 0.171. The topological polar surface area (TPSA) is 29.5 Å². The first-order valence-corrected chi connectivity index (χ1v) is 7.96. The van der Waals surface area contributed by atoms with Gasteiger partial charge < -0.3 is 9.84 Å². The Morgan fingerprint density at radius 1 is 1.15 bits per heavy atom. The molecule has 0 bridgehead atoms. The van der Waals surface area contributed by atoms with Gasteiger partial charge in [0.2, 0.25) is 0 Å². The molecular formula is C17H22O2S. The highest BCUT2D eigenvalue weighted by molar-refractivity contribution is 7.10. The predicted molar refractivity (Wildman–Crippen MR) is 84.4 cm³/mol. The molecule has 3 heteroatoms. The molecule has 2 rings (SSSR count). The molecule has 0 amide bonds. The summed E-state index contributed by atoms with van der Waals surface area (Å²) in [5, 5.41) is 12.1. The maximum atomic E-state index is 10.1. The molecule has 0 aliphatic rings. The zero-order valence-corrected chi connectivity index (χ0v) is 12.9. The van der Waals surface area contributed by atoms with Crippen molar-refractivity contribution in [3.05, 3.63) is 52.2 Å². The molecule has 0 aliphatic carbocycles. The molecule has 20 heavy (non-hydrogen) atoms. The molecule has 1 atom stereocenters. The monoisotopic (exact) mass is 290 g/mol. The number of rotatable bonds is 7. The van der Waals surface area contributed by atoms with Crippen LogP contribution in [0.15, 0.2) is 41.8 Å². The van der Waals surface area contributed by atoms with Crippen LogP contribution in [-0.4, -0.2) is 11.7 Å². The Morgan fingerprint density at radius 2 is 1.90 bits per heavy atom. The summed E-state index contributed by atoms with van der Waals surface area (Å²) in [7, 11) is 0. The van der Waals surface area contributed by atoms with Crippen molar-refractivity contribution in [2.75, 3.05) is 6.61 Å². The van der Waals surface area contributed by atoms with E-state index >= 15 is 0 Å². The van der Waals surface area contributed by atoms with Gasteiger partial charge in [-0.15, -0.1) is 11.3 Å². The first-order valence-electron chi connectivity index (χ1n) is 7.08. The molecular weight excluding hydrogens is 268 g/mol. The number of hydrogen-bond acceptors (Lipinski definition) is 3. The smallest absolute Gasteiger partial charge is 0.119 e. The summed E-state index contributed by atoms with van der Waals surface area (Å²) in [5.74, 6) is 1.46. The highest BCUT2D eigenvalue weighted by atomic mass is 32.1. The Balaban J connectivity index is 1.81. The van der Waals surface area contributed by atoms with Gasteiger partial charge in [-0.3, -0.25) is 0 Å². The van der Waals surface area contributed by atoms with E-state index in [0.29, 0.717) is 5.92 Å². The van der Waals surface area contributed by atoms with Crippen LogP contribution in [-0.2, 0) is 6.42 Å². The number of aryl methyl sites for hydroxylation is 1. The van der Waals surface area contributed by atoms with Crippen molar-refractivity contribution in [1.82, 2.24) is 0 Å². The third-order valence-electron chi connectivity index (χ3n) is 3.08. The average molecular weight is 290 g/mol. The highest BCUT2D eigenvalue weighted by Crippen LogP contribution is 2.23. The average Bonchev–Trinajstić information content (AvgIpc) is 2.98. The van der Waals surface area contributed by atoms with Crippen LogP contribution in [0.25, 0.3) is 0 Å². The van der Waals surface area contributed by atoms with Crippen LogP contribution >= 0.6 is 11.3 Å². The summed E-state index contributed by atoms with van der Waals surface area (Å²) in [5.41, 5.74) is 1.23. The lowest BCUT2D eigenvalue weighted by Gasteiger charge is -2.10. The van der Waals surface area contributed by atoms with E-state index in [1.165, 1.54) is 5.56 Å². The van der Waals surface area contributed by atoms with Crippen LogP contribution in [0.2, 0.25) is 0 Å². The summed E-state index contributed by atoms with van der Waals surface area (Å²) >= 11 is 1.61. The van der Waals surface area contributed by atoms with Gasteiger partial charge in [0.25, 0.3) is 0 Å². The molecule has 1 N–H and O–H groups in total. The van der Waals surface area contributed by atoms with Gasteiger partial charge >= 0.3 is 0 Å². The van der Waals surface area contributed by atoms with Gasteiger partial charge in [0.05, 0.1) is 12.7 Å². The molecule has 0 aliphatic heterocycles. The van der Waals surface area contributed by atoms with E-state index < -0.39 is 0 Å². The van der Waals surface area contributed by atoms with E-state index in [4.69, 9.17) is 4.74 Å². The first kappa shape index (κ1) is 15.1. The van der Waals surface area contributed by atoms with E-state index in [1.54, 1.807) is 11.3 Å². The van der Waals surface area contributed by atoms with Crippen LogP contribution in [0.4, 0.5) is 0 Å². The summed E-state index contributed by atoms with van der Waals surface area (Å²) in [6.45, 7) is 5.02. The molecule has 2 nitrogen and oxygen atoms in total. The number of thiophene rings is 1. The second-order valence-corrected chi connectivity index (χ2v) is 6.40. The van der Waals surface area contributed by atoms with Crippen molar-refractivity contribution < 1.29 is 9.84 Å². The minimum Gasteiger partial charge on any atom is -0.493 e. The number of hydrogen-bond donors (Lipinski definition) is 1. The van der Waals surface area contributed by atoms with Crippen molar-refractivity contribution in [2.45, 2.75) is 32.8 Å². The number of aliphatic hydroxyl groups is 1. The molecule has 1 aromatic carbocycles. The molecule has 1 aromatic heterocycles.